The van der Waals surface area contributed by atoms with Crippen molar-refractivity contribution in [3.8, 4) is 0 Å². The van der Waals surface area contributed by atoms with Crippen LogP contribution >= 0.6 is 0 Å². The molecule has 7 heteroatoms. The molecule has 0 spiro atoms. The zero-order chi connectivity index (χ0) is 15.7. The molecule has 2 N–H and O–H groups in total. The summed E-state index contributed by atoms with van der Waals surface area (Å²) in [6.07, 6.45) is 0. The van der Waals surface area contributed by atoms with Crippen molar-refractivity contribution in [1.82, 2.24) is 0 Å². The highest BCUT2D eigenvalue weighted by molar-refractivity contribution is 7.92. The average Bonchev–Trinajstić information content (AvgIpc) is 2.26. The molecule has 0 saturated heterocycles. The van der Waals surface area contributed by atoms with Crippen molar-refractivity contribution in [1.29, 1.82) is 0 Å². The molecule has 0 heterocycles. The Hall–Kier alpha value is -1.08. The van der Waals surface area contributed by atoms with Crippen LogP contribution < -0.4 is 5.73 Å². The molecule has 0 fully saturated rings. The zero-order valence-corrected chi connectivity index (χ0v) is 12.3. The number of benzene rings is 1. The molecular weight excluding hydrogens is 291 g/mol. The van der Waals surface area contributed by atoms with Crippen molar-refractivity contribution in [2.75, 3.05) is 0 Å². The summed E-state index contributed by atoms with van der Waals surface area (Å²) in [6.45, 7) is 5.25. The second kappa shape index (κ2) is 5.73. The van der Waals surface area contributed by atoms with Gasteiger partial charge in [-0.15, -0.1) is 0 Å². The Morgan fingerprint density at radius 3 is 2.00 bits per heavy atom. The standard InChI is InChI=1S/C13H18F3NO2S/c1-8(2)12(9(3)17)10-6-4-5-7-11(10)20(18,19)13(14,15)16/h4-9,12H,17H2,1-3H3. The molecule has 3 nitrogen and oxygen atoms in total. The van der Waals surface area contributed by atoms with Crippen LogP contribution in [0.15, 0.2) is 29.2 Å². The van der Waals surface area contributed by atoms with E-state index < -0.39 is 32.2 Å². The molecule has 0 radical (unpaired) electrons. The average molecular weight is 309 g/mol. The third-order valence-corrected chi connectivity index (χ3v) is 4.72. The van der Waals surface area contributed by atoms with Crippen LogP contribution in [0.25, 0.3) is 0 Å². The molecule has 114 valence electrons. The molecule has 20 heavy (non-hydrogen) atoms. The number of sulfone groups is 1. The minimum absolute atomic E-state index is 0.0837. The minimum atomic E-state index is -5.37. The van der Waals surface area contributed by atoms with Gasteiger partial charge in [-0.3, -0.25) is 0 Å². The predicted molar refractivity (Wildman–Crippen MR) is 70.9 cm³/mol. The topological polar surface area (TPSA) is 60.2 Å². The smallest absolute Gasteiger partial charge is 0.327 e. The molecule has 0 bridgehead atoms. The van der Waals surface area contributed by atoms with E-state index in [2.05, 4.69) is 0 Å². The van der Waals surface area contributed by atoms with Gasteiger partial charge in [-0.2, -0.15) is 13.2 Å². The van der Waals surface area contributed by atoms with Gasteiger partial charge in [-0.1, -0.05) is 32.0 Å². The summed E-state index contributed by atoms with van der Waals surface area (Å²) in [6, 6.07) is 4.71. The first-order chi connectivity index (χ1) is 9.00. The van der Waals surface area contributed by atoms with Gasteiger partial charge in [0.1, 0.15) is 0 Å². The van der Waals surface area contributed by atoms with Crippen molar-refractivity contribution >= 4 is 9.84 Å². The molecule has 2 atom stereocenters. The first-order valence-corrected chi connectivity index (χ1v) is 7.64. The lowest BCUT2D eigenvalue weighted by molar-refractivity contribution is -0.0436. The number of halogens is 3. The van der Waals surface area contributed by atoms with E-state index in [0.29, 0.717) is 0 Å². The lowest BCUT2D eigenvalue weighted by Gasteiger charge is -2.27. The number of alkyl halides is 3. The van der Waals surface area contributed by atoms with Gasteiger partial charge in [0.2, 0.25) is 0 Å². The van der Waals surface area contributed by atoms with Gasteiger partial charge < -0.3 is 5.73 Å². The molecule has 2 unspecified atom stereocenters. The summed E-state index contributed by atoms with van der Waals surface area (Å²) >= 11 is 0. The van der Waals surface area contributed by atoms with Gasteiger partial charge in [0.05, 0.1) is 4.90 Å². The van der Waals surface area contributed by atoms with Crippen LogP contribution in [-0.4, -0.2) is 20.0 Å². The lowest BCUT2D eigenvalue weighted by atomic mass is 9.83. The van der Waals surface area contributed by atoms with Crippen molar-refractivity contribution in [3.63, 3.8) is 0 Å². The van der Waals surface area contributed by atoms with E-state index >= 15 is 0 Å². The summed E-state index contributed by atoms with van der Waals surface area (Å²) < 4.78 is 61.6. The highest BCUT2D eigenvalue weighted by Gasteiger charge is 2.48. The summed E-state index contributed by atoms with van der Waals surface area (Å²) in [4.78, 5) is -0.705. The Morgan fingerprint density at radius 2 is 1.60 bits per heavy atom. The summed E-state index contributed by atoms with van der Waals surface area (Å²) in [5, 5.41) is 0. The van der Waals surface area contributed by atoms with Gasteiger partial charge in [-0.05, 0) is 24.5 Å². The molecule has 0 aliphatic carbocycles. The quantitative estimate of drug-likeness (QED) is 0.930. The lowest BCUT2D eigenvalue weighted by Crippen LogP contribution is -2.31. The van der Waals surface area contributed by atoms with Crippen molar-refractivity contribution < 1.29 is 21.6 Å². The molecule has 0 aliphatic heterocycles. The van der Waals surface area contributed by atoms with Crippen LogP contribution in [0.2, 0.25) is 0 Å². The largest absolute Gasteiger partial charge is 0.501 e. The first-order valence-electron chi connectivity index (χ1n) is 6.16. The van der Waals surface area contributed by atoms with E-state index in [9.17, 15) is 21.6 Å². The Labute approximate surface area is 116 Å². The highest BCUT2D eigenvalue weighted by atomic mass is 32.2. The van der Waals surface area contributed by atoms with Gasteiger partial charge in [-0.25, -0.2) is 8.42 Å². The maximum absolute atomic E-state index is 12.7. The molecule has 0 amide bonds. The van der Waals surface area contributed by atoms with E-state index in [-0.39, 0.29) is 11.5 Å². The summed E-state index contributed by atoms with van der Waals surface area (Å²) in [5.74, 6) is -0.553. The van der Waals surface area contributed by atoms with E-state index in [0.717, 1.165) is 6.07 Å². The van der Waals surface area contributed by atoms with Gasteiger partial charge in [0, 0.05) is 12.0 Å². The fourth-order valence-corrected chi connectivity index (χ4v) is 3.40. The van der Waals surface area contributed by atoms with Crippen LogP contribution in [0.5, 0.6) is 0 Å². The van der Waals surface area contributed by atoms with Crippen molar-refractivity contribution in [2.24, 2.45) is 11.7 Å². The summed E-state index contributed by atoms with van der Waals surface area (Å²) in [7, 11) is -5.37. The minimum Gasteiger partial charge on any atom is -0.327 e. The van der Waals surface area contributed by atoms with Gasteiger partial charge >= 0.3 is 5.51 Å². The highest BCUT2D eigenvalue weighted by Crippen LogP contribution is 2.37. The predicted octanol–water partition coefficient (Wildman–Crippen LogP) is 3.07. The molecule has 0 aliphatic rings. The third kappa shape index (κ3) is 3.15. The van der Waals surface area contributed by atoms with Crippen LogP contribution in [0, 0.1) is 5.92 Å². The van der Waals surface area contributed by atoms with E-state index in [1.165, 1.54) is 18.2 Å². The second-order valence-electron chi connectivity index (χ2n) is 5.12. The van der Waals surface area contributed by atoms with Gasteiger partial charge in [0.15, 0.2) is 0 Å². The third-order valence-electron chi connectivity index (χ3n) is 3.16. The molecule has 1 rings (SSSR count). The van der Waals surface area contributed by atoms with Crippen molar-refractivity contribution in [2.45, 2.75) is 43.1 Å². The Morgan fingerprint density at radius 1 is 1.10 bits per heavy atom. The Bertz CT molecular complexity index is 557. The SMILES string of the molecule is CC(C)C(c1ccccc1S(=O)(=O)C(F)(F)F)C(C)N. The Balaban J connectivity index is 3.54. The number of hydrogen-bond donors (Lipinski definition) is 1. The molecular formula is C13H18F3NO2S. The number of nitrogens with two attached hydrogens (primary N) is 1. The summed E-state index contributed by atoms with van der Waals surface area (Å²) in [5.41, 5.74) is 0.618. The fourth-order valence-electron chi connectivity index (χ4n) is 2.37. The number of rotatable bonds is 4. The van der Waals surface area contributed by atoms with Crippen LogP contribution in [0.1, 0.15) is 32.3 Å². The molecule has 1 aromatic rings. The monoisotopic (exact) mass is 309 g/mol. The fraction of sp³-hybridized carbons (Fsp3) is 0.538. The Kier molecular flexibility index (Phi) is 4.86. The van der Waals surface area contributed by atoms with E-state index in [4.69, 9.17) is 5.73 Å². The molecule has 0 saturated carbocycles. The number of hydrogen-bond acceptors (Lipinski definition) is 3. The van der Waals surface area contributed by atoms with Crippen LogP contribution in [-0.2, 0) is 9.84 Å². The maximum atomic E-state index is 12.7. The molecule has 1 aromatic carbocycles. The van der Waals surface area contributed by atoms with Crippen LogP contribution in [0.4, 0.5) is 13.2 Å². The van der Waals surface area contributed by atoms with Crippen LogP contribution in [0.3, 0.4) is 0 Å². The second-order valence-corrected chi connectivity index (χ2v) is 7.03. The maximum Gasteiger partial charge on any atom is 0.501 e. The van der Waals surface area contributed by atoms with E-state index in [1.54, 1.807) is 20.8 Å². The van der Waals surface area contributed by atoms with E-state index in [1.807, 2.05) is 0 Å². The normalized spacial score (nSPS) is 16.2. The zero-order valence-electron chi connectivity index (χ0n) is 11.5. The molecule has 0 aromatic heterocycles. The van der Waals surface area contributed by atoms with Gasteiger partial charge in [0.25, 0.3) is 9.84 Å². The first kappa shape index (κ1) is 17.0. The van der Waals surface area contributed by atoms with Crippen molar-refractivity contribution in [3.05, 3.63) is 29.8 Å².